The zero-order valence-electron chi connectivity index (χ0n) is 9.28. The van der Waals surface area contributed by atoms with Crippen molar-refractivity contribution in [2.75, 3.05) is 6.54 Å². The molecule has 0 saturated carbocycles. The maximum atomic E-state index is 11.2. The fourth-order valence-corrected chi connectivity index (χ4v) is 1.33. The Kier molecular flexibility index (Phi) is 5.12. The summed E-state index contributed by atoms with van der Waals surface area (Å²) in [5.74, 6) is 0.317. The van der Waals surface area contributed by atoms with Gasteiger partial charge in [-0.3, -0.25) is 4.79 Å². The minimum atomic E-state index is 0.0543. The molecule has 1 rings (SSSR count). The van der Waals surface area contributed by atoms with Gasteiger partial charge in [0.25, 0.3) is 0 Å². The SMILES string of the molecule is C=CCCC(=O)NCCc1ccc(O)cc1. The minimum absolute atomic E-state index is 0.0543. The van der Waals surface area contributed by atoms with Crippen molar-refractivity contribution >= 4 is 5.91 Å². The predicted octanol–water partition coefficient (Wildman–Crippen LogP) is 2.02. The van der Waals surface area contributed by atoms with E-state index in [1.165, 1.54) is 0 Å². The standard InChI is InChI=1S/C13H17NO2/c1-2-3-4-13(16)14-10-9-11-5-7-12(15)8-6-11/h2,5-8,15H,1,3-4,9-10H2,(H,14,16). The van der Waals surface area contributed by atoms with Gasteiger partial charge in [0.05, 0.1) is 0 Å². The number of allylic oxidation sites excluding steroid dienone is 1. The van der Waals surface area contributed by atoms with Crippen molar-refractivity contribution in [2.45, 2.75) is 19.3 Å². The molecule has 0 aliphatic carbocycles. The van der Waals surface area contributed by atoms with E-state index in [4.69, 9.17) is 5.11 Å². The molecule has 3 nitrogen and oxygen atoms in total. The van der Waals surface area contributed by atoms with Crippen LogP contribution in [0.25, 0.3) is 0 Å². The summed E-state index contributed by atoms with van der Waals surface area (Å²) in [6.45, 7) is 4.19. The van der Waals surface area contributed by atoms with E-state index in [9.17, 15) is 4.79 Å². The van der Waals surface area contributed by atoms with Crippen LogP contribution in [-0.2, 0) is 11.2 Å². The highest BCUT2D eigenvalue weighted by Gasteiger charge is 1.99. The average molecular weight is 219 g/mol. The van der Waals surface area contributed by atoms with E-state index in [0.717, 1.165) is 12.0 Å². The van der Waals surface area contributed by atoms with E-state index >= 15 is 0 Å². The number of carbonyl (C=O) groups excluding carboxylic acids is 1. The van der Waals surface area contributed by atoms with E-state index in [0.29, 0.717) is 19.4 Å². The lowest BCUT2D eigenvalue weighted by molar-refractivity contribution is -0.120. The molecular formula is C13H17NO2. The Hall–Kier alpha value is -1.77. The number of hydrogen-bond acceptors (Lipinski definition) is 2. The zero-order chi connectivity index (χ0) is 11.8. The molecule has 0 radical (unpaired) electrons. The number of phenols is 1. The van der Waals surface area contributed by atoms with Gasteiger partial charge in [0.15, 0.2) is 0 Å². The topological polar surface area (TPSA) is 49.3 Å². The van der Waals surface area contributed by atoms with Crippen LogP contribution in [0.4, 0.5) is 0 Å². The summed E-state index contributed by atoms with van der Waals surface area (Å²) in [6, 6.07) is 7.00. The third-order valence-corrected chi connectivity index (χ3v) is 2.25. The quantitative estimate of drug-likeness (QED) is 0.719. The van der Waals surface area contributed by atoms with Crippen molar-refractivity contribution < 1.29 is 9.90 Å². The Morgan fingerprint density at radius 3 is 2.69 bits per heavy atom. The second-order valence-corrected chi connectivity index (χ2v) is 3.59. The number of carbonyl (C=O) groups is 1. The lowest BCUT2D eigenvalue weighted by Crippen LogP contribution is -2.25. The molecule has 0 aliphatic heterocycles. The molecular weight excluding hydrogens is 202 g/mol. The molecule has 0 saturated heterocycles. The molecule has 2 N–H and O–H groups in total. The molecule has 1 aromatic carbocycles. The van der Waals surface area contributed by atoms with Gasteiger partial charge in [-0.05, 0) is 30.5 Å². The molecule has 1 aromatic rings. The molecule has 86 valence electrons. The highest BCUT2D eigenvalue weighted by Crippen LogP contribution is 2.09. The lowest BCUT2D eigenvalue weighted by Gasteiger charge is -2.04. The first-order valence-corrected chi connectivity index (χ1v) is 5.38. The third-order valence-electron chi connectivity index (χ3n) is 2.25. The summed E-state index contributed by atoms with van der Waals surface area (Å²) in [5.41, 5.74) is 1.10. The van der Waals surface area contributed by atoms with E-state index in [1.54, 1.807) is 18.2 Å². The maximum Gasteiger partial charge on any atom is 0.220 e. The Balaban J connectivity index is 2.22. The number of benzene rings is 1. The van der Waals surface area contributed by atoms with Gasteiger partial charge in [0.1, 0.15) is 5.75 Å². The molecule has 0 fully saturated rings. The van der Waals surface area contributed by atoms with Gasteiger partial charge in [-0.2, -0.15) is 0 Å². The fourth-order valence-electron chi connectivity index (χ4n) is 1.33. The highest BCUT2D eigenvalue weighted by atomic mass is 16.3. The van der Waals surface area contributed by atoms with Crippen LogP contribution in [0.1, 0.15) is 18.4 Å². The van der Waals surface area contributed by atoms with E-state index in [1.807, 2.05) is 12.1 Å². The van der Waals surface area contributed by atoms with Crippen LogP contribution in [0.15, 0.2) is 36.9 Å². The molecule has 0 atom stereocenters. The summed E-state index contributed by atoms with van der Waals surface area (Å²) >= 11 is 0. The number of phenolic OH excluding ortho intramolecular Hbond substituents is 1. The Labute approximate surface area is 95.8 Å². The van der Waals surface area contributed by atoms with Gasteiger partial charge >= 0.3 is 0 Å². The number of hydrogen-bond donors (Lipinski definition) is 2. The van der Waals surface area contributed by atoms with Crippen molar-refractivity contribution in [1.29, 1.82) is 0 Å². The highest BCUT2D eigenvalue weighted by molar-refractivity contribution is 5.75. The molecule has 16 heavy (non-hydrogen) atoms. The van der Waals surface area contributed by atoms with Crippen LogP contribution >= 0.6 is 0 Å². The maximum absolute atomic E-state index is 11.2. The van der Waals surface area contributed by atoms with Gasteiger partial charge in [0.2, 0.25) is 5.91 Å². The van der Waals surface area contributed by atoms with Crippen molar-refractivity contribution in [3.63, 3.8) is 0 Å². The molecule has 0 aromatic heterocycles. The predicted molar refractivity (Wildman–Crippen MR) is 64.3 cm³/mol. The normalized spacial score (nSPS) is 9.75. The third kappa shape index (κ3) is 4.64. The van der Waals surface area contributed by atoms with Gasteiger partial charge in [-0.15, -0.1) is 6.58 Å². The van der Waals surface area contributed by atoms with Crippen molar-refractivity contribution in [3.8, 4) is 5.75 Å². The van der Waals surface area contributed by atoms with Crippen LogP contribution in [-0.4, -0.2) is 17.6 Å². The van der Waals surface area contributed by atoms with Crippen LogP contribution < -0.4 is 5.32 Å². The summed E-state index contributed by atoms with van der Waals surface area (Å²) in [5, 5.41) is 11.9. The van der Waals surface area contributed by atoms with Crippen molar-refractivity contribution in [2.24, 2.45) is 0 Å². The average Bonchev–Trinajstić information content (AvgIpc) is 2.29. The second-order valence-electron chi connectivity index (χ2n) is 3.59. The van der Waals surface area contributed by atoms with E-state index < -0.39 is 0 Å². The molecule has 0 spiro atoms. The van der Waals surface area contributed by atoms with Crippen LogP contribution in [0, 0.1) is 0 Å². The number of amides is 1. The second kappa shape index (κ2) is 6.67. The fraction of sp³-hybridized carbons (Fsp3) is 0.308. The lowest BCUT2D eigenvalue weighted by atomic mass is 10.1. The molecule has 1 amide bonds. The first-order chi connectivity index (χ1) is 7.72. The van der Waals surface area contributed by atoms with Gasteiger partial charge in [-0.25, -0.2) is 0 Å². The van der Waals surface area contributed by atoms with E-state index in [2.05, 4.69) is 11.9 Å². The Morgan fingerprint density at radius 1 is 1.38 bits per heavy atom. The molecule has 3 heteroatoms. The monoisotopic (exact) mass is 219 g/mol. The van der Waals surface area contributed by atoms with Crippen LogP contribution in [0.2, 0.25) is 0 Å². The molecule has 0 bridgehead atoms. The van der Waals surface area contributed by atoms with Crippen LogP contribution in [0.3, 0.4) is 0 Å². The summed E-state index contributed by atoms with van der Waals surface area (Å²) in [4.78, 5) is 11.2. The van der Waals surface area contributed by atoms with Gasteiger partial charge < -0.3 is 10.4 Å². The number of nitrogens with one attached hydrogen (secondary N) is 1. The Morgan fingerprint density at radius 2 is 2.06 bits per heavy atom. The van der Waals surface area contributed by atoms with Gasteiger partial charge in [0, 0.05) is 13.0 Å². The van der Waals surface area contributed by atoms with Crippen molar-refractivity contribution in [1.82, 2.24) is 5.32 Å². The first-order valence-electron chi connectivity index (χ1n) is 5.38. The number of aromatic hydroxyl groups is 1. The van der Waals surface area contributed by atoms with Gasteiger partial charge in [-0.1, -0.05) is 18.2 Å². The summed E-state index contributed by atoms with van der Waals surface area (Å²) < 4.78 is 0. The zero-order valence-corrected chi connectivity index (χ0v) is 9.28. The largest absolute Gasteiger partial charge is 0.508 e. The molecule has 0 unspecified atom stereocenters. The summed E-state index contributed by atoms with van der Waals surface area (Å²) in [7, 11) is 0. The molecule has 0 heterocycles. The summed E-state index contributed by atoms with van der Waals surface area (Å²) in [6.07, 6.45) is 3.73. The van der Waals surface area contributed by atoms with Crippen LogP contribution in [0.5, 0.6) is 5.75 Å². The first kappa shape index (κ1) is 12.3. The Bertz CT molecular complexity index is 343. The molecule has 0 aliphatic rings. The van der Waals surface area contributed by atoms with E-state index in [-0.39, 0.29) is 11.7 Å². The number of rotatable bonds is 6. The van der Waals surface area contributed by atoms with Crippen molar-refractivity contribution in [3.05, 3.63) is 42.5 Å². The minimum Gasteiger partial charge on any atom is -0.508 e. The smallest absolute Gasteiger partial charge is 0.220 e.